The van der Waals surface area contributed by atoms with Crippen LogP contribution in [0, 0.1) is 11.6 Å². The average molecular weight is 293 g/mol. The van der Waals surface area contributed by atoms with Gasteiger partial charge in [-0.05, 0) is 31.2 Å². The number of benzene rings is 2. The molecule has 0 atom stereocenters. The summed E-state index contributed by atoms with van der Waals surface area (Å²) in [6.45, 7) is 2.37. The highest BCUT2D eigenvalue weighted by molar-refractivity contribution is 5.51. The Labute approximate surface area is 122 Å². The molecule has 3 nitrogen and oxygen atoms in total. The maximum absolute atomic E-state index is 13.5. The molecule has 0 unspecified atom stereocenters. The zero-order valence-electron chi connectivity index (χ0n) is 11.7. The summed E-state index contributed by atoms with van der Waals surface area (Å²) in [5, 5.41) is 12.3. The summed E-state index contributed by atoms with van der Waals surface area (Å²) in [6, 6.07) is 9.29. The molecular weight excluding hydrogens is 276 g/mol. The molecule has 2 N–H and O–H groups in total. The molecule has 0 saturated carbocycles. The van der Waals surface area contributed by atoms with E-state index in [9.17, 15) is 13.9 Å². The van der Waals surface area contributed by atoms with Crippen LogP contribution in [0.3, 0.4) is 0 Å². The molecule has 0 aliphatic heterocycles. The van der Waals surface area contributed by atoms with Gasteiger partial charge in [-0.3, -0.25) is 0 Å². The molecule has 0 heterocycles. The highest BCUT2D eigenvalue weighted by atomic mass is 19.2. The summed E-state index contributed by atoms with van der Waals surface area (Å²) in [5.74, 6) is -1.10. The Morgan fingerprint density at radius 2 is 1.95 bits per heavy atom. The standard InChI is InChI=1S/C16H17F2NO2/c1-2-21-15-7-6-13(8-12(15)10-20)19-9-11-4-3-5-14(17)16(11)18/h3-8,19-20H,2,9-10H2,1H3. The van der Waals surface area contributed by atoms with Gasteiger partial charge in [-0.2, -0.15) is 0 Å². The van der Waals surface area contributed by atoms with Crippen molar-refractivity contribution in [2.24, 2.45) is 0 Å². The number of rotatable bonds is 6. The Morgan fingerprint density at radius 1 is 1.14 bits per heavy atom. The first-order valence-electron chi connectivity index (χ1n) is 6.69. The lowest BCUT2D eigenvalue weighted by Crippen LogP contribution is -2.04. The van der Waals surface area contributed by atoms with E-state index in [1.165, 1.54) is 12.1 Å². The van der Waals surface area contributed by atoms with Crippen LogP contribution < -0.4 is 10.1 Å². The highest BCUT2D eigenvalue weighted by Crippen LogP contribution is 2.23. The lowest BCUT2D eigenvalue weighted by Gasteiger charge is -2.12. The van der Waals surface area contributed by atoms with E-state index in [-0.39, 0.29) is 18.7 Å². The topological polar surface area (TPSA) is 41.5 Å². The summed E-state index contributed by atoms with van der Waals surface area (Å²) < 4.78 is 32.0. The van der Waals surface area contributed by atoms with Crippen LogP contribution in [0.1, 0.15) is 18.1 Å². The fourth-order valence-corrected chi connectivity index (χ4v) is 1.99. The molecule has 0 aliphatic rings. The van der Waals surface area contributed by atoms with Gasteiger partial charge in [-0.25, -0.2) is 8.78 Å². The number of aliphatic hydroxyl groups is 1. The third kappa shape index (κ3) is 3.70. The van der Waals surface area contributed by atoms with Crippen LogP contribution in [0.15, 0.2) is 36.4 Å². The van der Waals surface area contributed by atoms with Gasteiger partial charge in [0.1, 0.15) is 5.75 Å². The van der Waals surface area contributed by atoms with E-state index in [1.807, 2.05) is 6.92 Å². The van der Waals surface area contributed by atoms with Crippen molar-refractivity contribution >= 4 is 5.69 Å². The quantitative estimate of drug-likeness (QED) is 0.857. The van der Waals surface area contributed by atoms with Gasteiger partial charge in [0.2, 0.25) is 0 Å². The van der Waals surface area contributed by atoms with Gasteiger partial charge < -0.3 is 15.2 Å². The molecule has 0 fully saturated rings. The van der Waals surface area contributed by atoms with Crippen LogP contribution in [0.4, 0.5) is 14.5 Å². The zero-order valence-corrected chi connectivity index (χ0v) is 11.7. The van der Waals surface area contributed by atoms with E-state index in [4.69, 9.17) is 4.74 Å². The van der Waals surface area contributed by atoms with Crippen LogP contribution in [-0.4, -0.2) is 11.7 Å². The normalized spacial score (nSPS) is 10.5. The summed E-state index contributed by atoms with van der Waals surface area (Å²) in [7, 11) is 0. The SMILES string of the molecule is CCOc1ccc(NCc2cccc(F)c2F)cc1CO. The fourth-order valence-electron chi connectivity index (χ4n) is 1.99. The molecule has 2 rings (SSSR count). The first-order valence-corrected chi connectivity index (χ1v) is 6.69. The van der Waals surface area contributed by atoms with Crippen molar-refractivity contribution in [3.05, 3.63) is 59.2 Å². The second kappa shape index (κ2) is 7.04. The Morgan fingerprint density at radius 3 is 2.67 bits per heavy atom. The predicted molar refractivity (Wildman–Crippen MR) is 77.2 cm³/mol. The largest absolute Gasteiger partial charge is 0.494 e. The highest BCUT2D eigenvalue weighted by Gasteiger charge is 2.08. The first kappa shape index (κ1) is 15.3. The summed E-state index contributed by atoms with van der Waals surface area (Å²) in [5.41, 5.74) is 1.59. The van der Waals surface area contributed by atoms with Crippen LogP contribution in [0.2, 0.25) is 0 Å². The molecule has 0 amide bonds. The van der Waals surface area contributed by atoms with Crippen molar-refractivity contribution in [1.82, 2.24) is 0 Å². The van der Waals surface area contributed by atoms with Crippen molar-refractivity contribution in [2.75, 3.05) is 11.9 Å². The van der Waals surface area contributed by atoms with E-state index < -0.39 is 11.6 Å². The minimum absolute atomic E-state index is 0.154. The van der Waals surface area contributed by atoms with Gasteiger partial charge in [0.25, 0.3) is 0 Å². The van der Waals surface area contributed by atoms with Gasteiger partial charge in [0, 0.05) is 23.4 Å². The summed E-state index contributed by atoms with van der Waals surface area (Å²) >= 11 is 0. The number of hydrogen-bond donors (Lipinski definition) is 2. The first-order chi connectivity index (χ1) is 10.2. The number of halogens is 2. The minimum atomic E-state index is -0.864. The van der Waals surface area contributed by atoms with Crippen LogP contribution >= 0.6 is 0 Å². The van der Waals surface area contributed by atoms with E-state index in [2.05, 4.69) is 5.32 Å². The molecular formula is C16H17F2NO2. The molecule has 0 radical (unpaired) electrons. The molecule has 0 aromatic heterocycles. The van der Waals surface area contributed by atoms with Gasteiger partial charge in [0.15, 0.2) is 11.6 Å². The van der Waals surface area contributed by atoms with Gasteiger partial charge in [0.05, 0.1) is 13.2 Å². The molecule has 2 aromatic carbocycles. The van der Waals surface area contributed by atoms with Gasteiger partial charge in [-0.1, -0.05) is 12.1 Å². The van der Waals surface area contributed by atoms with Crippen molar-refractivity contribution in [2.45, 2.75) is 20.1 Å². The van der Waals surface area contributed by atoms with E-state index in [1.54, 1.807) is 18.2 Å². The third-order valence-corrected chi connectivity index (χ3v) is 3.05. The van der Waals surface area contributed by atoms with Crippen molar-refractivity contribution in [3.8, 4) is 5.75 Å². The number of anilines is 1. The lowest BCUT2D eigenvalue weighted by atomic mass is 10.1. The van der Waals surface area contributed by atoms with Crippen LogP contribution in [0.25, 0.3) is 0 Å². The van der Waals surface area contributed by atoms with E-state index in [0.717, 1.165) is 6.07 Å². The van der Waals surface area contributed by atoms with Crippen LogP contribution in [0.5, 0.6) is 5.75 Å². The average Bonchev–Trinajstić information content (AvgIpc) is 2.50. The molecule has 21 heavy (non-hydrogen) atoms. The Kier molecular flexibility index (Phi) is 5.11. The van der Waals surface area contributed by atoms with Crippen molar-refractivity contribution < 1.29 is 18.6 Å². The van der Waals surface area contributed by atoms with Gasteiger partial charge >= 0.3 is 0 Å². The monoisotopic (exact) mass is 293 g/mol. The Bertz CT molecular complexity index is 617. The number of aliphatic hydroxyl groups excluding tert-OH is 1. The Balaban J connectivity index is 2.11. The third-order valence-electron chi connectivity index (χ3n) is 3.05. The smallest absolute Gasteiger partial charge is 0.163 e. The second-order valence-electron chi connectivity index (χ2n) is 4.48. The van der Waals surface area contributed by atoms with Crippen molar-refractivity contribution in [1.29, 1.82) is 0 Å². The lowest BCUT2D eigenvalue weighted by molar-refractivity contribution is 0.267. The second-order valence-corrected chi connectivity index (χ2v) is 4.48. The molecule has 0 aliphatic carbocycles. The van der Waals surface area contributed by atoms with Crippen LogP contribution in [-0.2, 0) is 13.2 Å². The fraction of sp³-hybridized carbons (Fsp3) is 0.250. The predicted octanol–water partition coefficient (Wildman–Crippen LogP) is 3.47. The summed E-state index contributed by atoms with van der Waals surface area (Å²) in [6.07, 6.45) is 0. The maximum Gasteiger partial charge on any atom is 0.163 e. The number of nitrogens with one attached hydrogen (secondary N) is 1. The summed E-state index contributed by atoms with van der Waals surface area (Å²) in [4.78, 5) is 0. The molecule has 0 saturated heterocycles. The van der Waals surface area contributed by atoms with Gasteiger partial charge in [-0.15, -0.1) is 0 Å². The molecule has 2 aromatic rings. The zero-order chi connectivity index (χ0) is 15.2. The maximum atomic E-state index is 13.5. The Hall–Kier alpha value is -2.14. The molecule has 0 bridgehead atoms. The minimum Gasteiger partial charge on any atom is -0.494 e. The molecule has 5 heteroatoms. The molecule has 112 valence electrons. The number of hydrogen-bond acceptors (Lipinski definition) is 3. The number of ether oxygens (including phenoxy) is 1. The van der Waals surface area contributed by atoms with E-state index >= 15 is 0 Å². The van der Waals surface area contributed by atoms with E-state index in [0.29, 0.717) is 23.6 Å². The van der Waals surface area contributed by atoms with Crippen molar-refractivity contribution in [3.63, 3.8) is 0 Å². The molecule has 0 spiro atoms.